The number of benzene rings is 1. The van der Waals surface area contributed by atoms with Crippen molar-refractivity contribution in [3.63, 3.8) is 0 Å². The molecule has 5 rings (SSSR count). The van der Waals surface area contributed by atoms with Crippen LogP contribution in [0.5, 0.6) is 0 Å². The van der Waals surface area contributed by atoms with E-state index in [1.165, 1.54) is 36.0 Å². The molecule has 1 saturated heterocycles. The fraction of sp³-hybridized carbons (Fsp3) is 0.524. The van der Waals surface area contributed by atoms with Crippen LogP contribution in [0.25, 0.3) is 10.2 Å². The van der Waals surface area contributed by atoms with Gasteiger partial charge in [0.2, 0.25) is 5.91 Å². The normalized spacial score (nSPS) is 21.0. The summed E-state index contributed by atoms with van der Waals surface area (Å²) < 4.78 is 1.25. The molecule has 2 aromatic rings. The maximum absolute atomic E-state index is 12.4. The van der Waals surface area contributed by atoms with E-state index in [-0.39, 0.29) is 5.91 Å². The molecule has 2 heterocycles. The van der Waals surface area contributed by atoms with E-state index in [1.807, 2.05) is 12.1 Å². The molecule has 0 unspecified atom stereocenters. The Labute approximate surface area is 158 Å². The first-order chi connectivity index (χ1) is 12.8. The number of hydrogen-bond acceptors (Lipinski definition) is 4. The first-order valence-corrected chi connectivity index (χ1v) is 10.7. The van der Waals surface area contributed by atoms with Gasteiger partial charge in [0.1, 0.15) is 0 Å². The molecule has 0 spiro atoms. The Bertz CT molecular complexity index is 795. The summed E-state index contributed by atoms with van der Waals surface area (Å²) in [5, 5.41) is 4.37. The maximum Gasteiger partial charge on any atom is 0.244 e. The maximum atomic E-state index is 12.4. The van der Waals surface area contributed by atoms with Crippen molar-refractivity contribution in [1.82, 2.24) is 10.3 Å². The Balaban J connectivity index is 1.18. The number of thiazole rings is 1. The van der Waals surface area contributed by atoms with Crippen molar-refractivity contribution in [2.45, 2.75) is 44.6 Å². The molecule has 0 atom stereocenters. The largest absolute Gasteiger partial charge is 0.350 e. The summed E-state index contributed by atoms with van der Waals surface area (Å²) in [7, 11) is 0. The lowest BCUT2D eigenvalue weighted by molar-refractivity contribution is -0.117. The summed E-state index contributed by atoms with van der Waals surface area (Å²) in [4.78, 5) is 19.6. The van der Waals surface area contributed by atoms with Gasteiger partial charge < -0.3 is 10.2 Å². The third kappa shape index (κ3) is 3.50. The number of hydrogen-bond donors (Lipinski definition) is 1. The van der Waals surface area contributed by atoms with Crippen LogP contribution in [0.4, 0.5) is 5.13 Å². The molecule has 2 saturated carbocycles. The molecule has 1 N–H and O–H groups in total. The first kappa shape index (κ1) is 16.3. The molecule has 0 bridgehead atoms. The average Bonchev–Trinajstić information content (AvgIpc) is 3.57. The van der Waals surface area contributed by atoms with Gasteiger partial charge in [0.25, 0.3) is 0 Å². The fourth-order valence-electron chi connectivity index (χ4n) is 4.01. The van der Waals surface area contributed by atoms with Crippen LogP contribution in [0.3, 0.4) is 0 Å². The molecule has 3 fully saturated rings. The lowest BCUT2D eigenvalue weighted by Crippen LogP contribution is -2.44. The molecule has 3 aliphatic rings. The highest BCUT2D eigenvalue weighted by Gasteiger charge is 2.36. The second-order valence-electron chi connectivity index (χ2n) is 7.93. The van der Waals surface area contributed by atoms with Gasteiger partial charge in [0, 0.05) is 25.2 Å². The molecule has 5 heteroatoms. The van der Waals surface area contributed by atoms with Crippen molar-refractivity contribution in [2.75, 3.05) is 18.0 Å². The number of amides is 1. The highest BCUT2D eigenvalue weighted by molar-refractivity contribution is 7.22. The fourth-order valence-corrected chi connectivity index (χ4v) is 5.02. The van der Waals surface area contributed by atoms with Crippen LogP contribution in [-0.2, 0) is 4.79 Å². The minimum Gasteiger partial charge on any atom is -0.350 e. The summed E-state index contributed by atoms with van der Waals surface area (Å²) in [5.74, 6) is 1.57. The summed E-state index contributed by atoms with van der Waals surface area (Å²) in [6.07, 6.45) is 9.09. The lowest BCUT2D eigenvalue weighted by Gasteiger charge is -2.32. The standard InChI is InChI=1S/C21H25N3OS/c25-20(13-17(14-5-6-14)15-7-8-15)22-16-9-11-24(12-10-16)21-23-18-3-1-2-4-19(18)26-21/h1-4,13-16H,5-12H2,(H,22,25). The van der Waals surface area contributed by atoms with Crippen molar-refractivity contribution in [3.8, 4) is 0 Å². The molecule has 26 heavy (non-hydrogen) atoms. The van der Waals surface area contributed by atoms with E-state index in [9.17, 15) is 4.79 Å². The van der Waals surface area contributed by atoms with Crippen LogP contribution in [0, 0.1) is 11.8 Å². The number of carbonyl (C=O) groups is 1. The highest BCUT2D eigenvalue weighted by Crippen LogP contribution is 2.48. The summed E-state index contributed by atoms with van der Waals surface area (Å²) in [5.41, 5.74) is 2.52. The van der Waals surface area contributed by atoms with Crippen LogP contribution in [0.15, 0.2) is 35.9 Å². The molecular formula is C21H25N3OS. The van der Waals surface area contributed by atoms with E-state index in [0.717, 1.165) is 36.6 Å². The first-order valence-electron chi connectivity index (χ1n) is 9.89. The number of anilines is 1. The number of fused-ring (bicyclic) bond motifs is 1. The van der Waals surface area contributed by atoms with Gasteiger partial charge in [-0.3, -0.25) is 4.79 Å². The van der Waals surface area contributed by atoms with Crippen LogP contribution < -0.4 is 10.2 Å². The van der Waals surface area contributed by atoms with E-state index in [2.05, 4.69) is 28.4 Å². The Hall–Kier alpha value is -1.88. The molecular weight excluding hydrogens is 342 g/mol. The molecule has 1 aliphatic heterocycles. The van der Waals surface area contributed by atoms with Gasteiger partial charge in [-0.05, 0) is 62.5 Å². The van der Waals surface area contributed by atoms with Gasteiger partial charge in [-0.1, -0.05) is 29.0 Å². The zero-order valence-corrected chi connectivity index (χ0v) is 15.8. The van der Waals surface area contributed by atoms with Crippen molar-refractivity contribution in [2.24, 2.45) is 11.8 Å². The average molecular weight is 368 g/mol. The minimum atomic E-state index is 0.136. The van der Waals surface area contributed by atoms with Gasteiger partial charge in [-0.15, -0.1) is 0 Å². The number of carbonyl (C=O) groups excluding carboxylic acids is 1. The van der Waals surface area contributed by atoms with E-state index >= 15 is 0 Å². The van der Waals surface area contributed by atoms with Crippen molar-refractivity contribution in [1.29, 1.82) is 0 Å². The number of para-hydroxylation sites is 1. The highest BCUT2D eigenvalue weighted by atomic mass is 32.1. The SMILES string of the molecule is O=C(C=C(C1CC1)C1CC1)NC1CCN(c2nc3ccccc3s2)CC1. The van der Waals surface area contributed by atoms with Crippen LogP contribution in [0.1, 0.15) is 38.5 Å². The van der Waals surface area contributed by atoms with Crippen LogP contribution in [0.2, 0.25) is 0 Å². The van der Waals surface area contributed by atoms with Crippen molar-refractivity contribution in [3.05, 3.63) is 35.9 Å². The Morgan fingerprint density at radius 2 is 1.77 bits per heavy atom. The molecule has 2 aliphatic carbocycles. The molecule has 1 aromatic carbocycles. The van der Waals surface area contributed by atoms with E-state index in [4.69, 9.17) is 4.98 Å². The second-order valence-corrected chi connectivity index (χ2v) is 8.94. The second kappa shape index (κ2) is 6.69. The summed E-state index contributed by atoms with van der Waals surface area (Å²) in [6, 6.07) is 8.61. The third-order valence-electron chi connectivity index (χ3n) is 5.79. The van der Waals surface area contributed by atoms with E-state index in [1.54, 1.807) is 11.3 Å². The number of rotatable bonds is 5. The van der Waals surface area contributed by atoms with Gasteiger partial charge in [-0.25, -0.2) is 4.98 Å². The number of nitrogens with one attached hydrogen (secondary N) is 1. The van der Waals surface area contributed by atoms with Crippen molar-refractivity contribution >= 4 is 32.6 Å². The Morgan fingerprint density at radius 1 is 1.08 bits per heavy atom. The molecule has 136 valence electrons. The summed E-state index contributed by atoms with van der Waals surface area (Å²) in [6.45, 7) is 1.93. The quantitative estimate of drug-likeness (QED) is 0.808. The monoisotopic (exact) mass is 367 g/mol. The number of allylic oxidation sites excluding steroid dienone is 1. The number of aromatic nitrogens is 1. The lowest BCUT2D eigenvalue weighted by atomic mass is 10.0. The van der Waals surface area contributed by atoms with Gasteiger partial charge in [0.05, 0.1) is 10.2 Å². The summed E-state index contributed by atoms with van der Waals surface area (Å²) >= 11 is 1.77. The molecule has 4 nitrogen and oxygen atoms in total. The predicted molar refractivity (Wildman–Crippen MR) is 107 cm³/mol. The molecule has 1 amide bonds. The third-order valence-corrected chi connectivity index (χ3v) is 6.89. The van der Waals surface area contributed by atoms with E-state index in [0.29, 0.717) is 17.9 Å². The van der Waals surface area contributed by atoms with Gasteiger partial charge >= 0.3 is 0 Å². The molecule has 1 aromatic heterocycles. The smallest absolute Gasteiger partial charge is 0.244 e. The van der Waals surface area contributed by atoms with Gasteiger partial charge in [-0.2, -0.15) is 0 Å². The van der Waals surface area contributed by atoms with E-state index < -0.39 is 0 Å². The predicted octanol–water partition coefficient (Wildman–Crippen LogP) is 4.13. The zero-order chi connectivity index (χ0) is 17.5. The van der Waals surface area contributed by atoms with Crippen LogP contribution in [-0.4, -0.2) is 30.0 Å². The number of nitrogens with zero attached hydrogens (tertiary/aromatic N) is 2. The minimum absolute atomic E-state index is 0.136. The number of piperidine rings is 1. The Kier molecular flexibility index (Phi) is 4.20. The van der Waals surface area contributed by atoms with Gasteiger partial charge in [0.15, 0.2) is 5.13 Å². The van der Waals surface area contributed by atoms with Crippen molar-refractivity contribution < 1.29 is 4.79 Å². The Morgan fingerprint density at radius 3 is 2.42 bits per heavy atom. The topological polar surface area (TPSA) is 45.2 Å². The zero-order valence-electron chi connectivity index (χ0n) is 15.0. The van der Waals surface area contributed by atoms with Crippen LogP contribution >= 0.6 is 11.3 Å². The molecule has 0 radical (unpaired) electrons.